The summed E-state index contributed by atoms with van der Waals surface area (Å²) in [5.41, 5.74) is 5.91. The molecule has 0 spiro atoms. The van der Waals surface area contributed by atoms with E-state index in [0.29, 0.717) is 5.11 Å². The monoisotopic (exact) mass is 295 g/mol. The highest BCUT2D eigenvalue weighted by molar-refractivity contribution is 7.80. The molecule has 106 valence electrons. The van der Waals surface area contributed by atoms with Crippen molar-refractivity contribution in [3.05, 3.63) is 71.8 Å². The molecular formula is C17H17N3S. The molecule has 21 heavy (non-hydrogen) atoms. The maximum atomic E-state index is 5.16. The van der Waals surface area contributed by atoms with E-state index in [1.807, 2.05) is 67.6 Å². The number of nitrogens with one attached hydrogen (secondary N) is 2. The van der Waals surface area contributed by atoms with Gasteiger partial charge in [0.2, 0.25) is 0 Å². The molecule has 0 aliphatic heterocycles. The number of anilines is 1. The molecule has 3 nitrogen and oxygen atoms in total. The molecule has 2 aromatic carbocycles. The fraction of sp³-hybridized carbons (Fsp3) is 0.0588. The van der Waals surface area contributed by atoms with Crippen molar-refractivity contribution in [2.75, 3.05) is 5.32 Å². The molecule has 0 unspecified atom stereocenters. The molecule has 0 aliphatic carbocycles. The van der Waals surface area contributed by atoms with Gasteiger partial charge in [0.15, 0.2) is 5.11 Å². The quantitative estimate of drug-likeness (QED) is 0.507. The van der Waals surface area contributed by atoms with Crippen LogP contribution in [0.5, 0.6) is 0 Å². The molecule has 4 heteroatoms. The summed E-state index contributed by atoms with van der Waals surface area (Å²) in [6.07, 6.45) is 3.80. The Morgan fingerprint density at radius 2 is 1.62 bits per heavy atom. The van der Waals surface area contributed by atoms with Gasteiger partial charge in [-0.05, 0) is 42.4 Å². The van der Waals surface area contributed by atoms with Gasteiger partial charge in [0.25, 0.3) is 0 Å². The Kier molecular flexibility index (Phi) is 5.67. The predicted octanol–water partition coefficient (Wildman–Crippen LogP) is 4.06. The Balaban J connectivity index is 1.84. The second-order valence-corrected chi connectivity index (χ2v) is 4.90. The van der Waals surface area contributed by atoms with Crippen LogP contribution in [0.25, 0.3) is 6.08 Å². The van der Waals surface area contributed by atoms with E-state index in [1.54, 1.807) is 6.21 Å². The molecule has 0 amide bonds. The van der Waals surface area contributed by atoms with Crippen LogP contribution < -0.4 is 10.7 Å². The van der Waals surface area contributed by atoms with Gasteiger partial charge in [-0.3, -0.25) is 5.43 Å². The number of rotatable bonds is 4. The first kappa shape index (κ1) is 14.9. The summed E-state index contributed by atoms with van der Waals surface area (Å²) in [7, 11) is 0. The molecule has 0 fully saturated rings. The van der Waals surface area contributed by atoms with Crippen molar-refractivity contribution in [1.29, 1.82) is 0 Å². The van der Waals surface area contributed by atoms with Crippen molar-refractivity contribution >= 4 is 35.3 Å². The zero-order valence-electron chi connectivity index (χ0n) is 11.8. The van der Waals surface area contributed by atoms with Gasteiger partial charge in [0.05, 0.1) is 6.21 Å². The number of para-hydroxylation sites is 1. The molecule has 2 rings (SSSR count). The van der Waals surface area contributed by atoms with Crippen molar-refractivity contribution in [2.24, 2.45) is 5.10 Å². The number of thiocarbonyl (C=S) groups is 1. The van der Waals surface area contributed by atoms with Crippen LogP contribution in [-0.2, 0) is 0 Å². The lowest BCUT2D eigenvalue weighted by Crippen LogP contribution is -2.23. The minimum absolute atomic E-state index is 0.463. The largest absolute Gasteiger partial charge is 0.331 e. The number of nitrogens with zero attached hydrogens (tertiary/aromatic N) is 1. The van der Waals surface area contributed by atoms with Crippen LogP contribution in [0.1, 0.15) is 12.5 Å². The molecule has 2 aromatic rings. The molecule has 0 atom stereocenters. The molecule has 2 N–H and O–H groups in total. The van der Waals surface area contributed by atoms with Crippen LogP contribution in [0, 0.1) is 0 Å². The number of hydrogen-bond acceptors (Lipinski definition) is 2. The van der Waals surface area contributed by atoms with E-state index in [4.69, 9.17) is 12.2 Å². The van der Waals surface area contributed by atoms with Crippen LogP contribution in [0.2, 0.25) is 0 Å². The molecule has 0 heterocycles. The molecule has 0 bridgehead atoms. The second kappa shape index (κ2) is 7.97. The molecule has 0 saturated heterocycles. The first-order valence-corrected chi connectivity index (χ1v) is 7.03. The highest BCUT2D eigenvalue weighted by Crippen LogP contribution is 2.05. The third-order valence-electron chi connectivity index (χ3n) is 2.66. The second-order valence-electron chi connectivity index (χ2n) is 4.49. The minimum atomic E-state index is 0.463. The standard InChI is InChI=1S/C17H17N3S/c1-14(12-15-8-4-2-5-9-15)13-18-20-17(21)19-16-10-6-3-7-11-16/h2-13H,1H3,(H2,19,20,21)/b14-12-,18-13-. The maximum absolute atomic E-state index is 5.16. The summed E-state index contributed by atoms with van der Waals surface area (Å²) in [5, 5.41) is 7.63. The van der Waals surface area contributed by atoms with E-state index in [1.165, 1.54) is 0 Å². The van der Waals surface area contributed by atoms with Gasteiger partial charge in [-0.15, -0.1) is 0 Å². The molecule has 0 saturated carbocycles. The van der Waals surface area contributed by atoms with Gasteiger partial charge in [-0.2, -0.15) is 5.10 Å². The van der Waals surface area contributed by atoms with Gasteiger partial charge in [-0.1, -0.05) is 54.6 Å². The van der Waals surface area contributed by atoms with Crippen LogP contribution in [0.3, 0.4) is 0 Å². The zero-order chi connectivity index (χ0) is 14.9. The number of hydrogen-bond donors (Lipinski definition) is 2. The van der Waals surface area contributed by atoms with E-state index in [0.717, 1.165) is 16.8 Å². The van der Waals surface area contributed by atoms with Gasteiger partial charge >= 0.3 is 0 Å². The molecule has 0 aromatic heterocycles. The van der Waals surface area contributed by atoms with Gasteiger partial charge in [-0.25, -0.2) is 0 Å². The first-order valence-electron chi connectivity index (χ1n) is 6.62. The van der Waals surface area contributed by atoms with Gasteiger partial charge in [0.1, 0.15) is 0 Å². The summed E-state index contributed by atoms with van der Waals surface area (Å²) in [5.74, 6) is 0. The van der Waals surface area contributed by atoms with E-state index >= 15 is 0 Å². The Morgan fingerprint density at radius 3 is 2.29 bits per heavy atom. The number of benzene rings is 2. The summed E-state index contributed by atoms with van der Waals surface area (Å²) in [6, 6.07) is 19.8. The van der Waals surface area contributed by atoms with Crippen molar-refractivity contribution in [3.63, 3.8) is 0 Å². The van der Waals surface area contributed by atoms with E-state index in [-0.39, 0.29) is 0 Å². The fourth-order valence-corrected chi connectivity index (χ4v) is 1.89. The van der Waals surface area contributed by atoms with Gasteiger partial charge in [0, 0.05) is 5.69 Å². The highest BCUT2D eigenvalue weighted by atomic mass is 32.1. The normalized spacial score (nSPS) is 11.4. The van der Waals surface area contributed by atoms with Crippen molar-refractivity contribution in [2.45, 2.75) is 6.92 Å². The van der Waals surface area contributed by atoms with Crippen molar-refractivity contribution in [1.82, 2.24) is 5.43 Å². The Morgan fingerprint density at radius 1 is 1.00 bits per heavy atom. The third-order valence-corrected chi connectivity index (χ3v) is 2.85. The first-order chi connectivity index (χ1) is 10.2. The Labute approximate surface area is 130 Å². The summed E-state index contributed by atoms with van der Waals surface area (Å²) >= 11 is 5.16. The van der Waals surface area contributed by atoms with Crippen molar-refractivity contribution in [3.8, 4) is 0 Å². The Hall–Kier alpha value is -2.46. The zero-order valence-corrected chi connectivity index (χ0v) is 12.6. The van der Waals surface area contributed by atoms with Crippen molar-refractivity contribution < 1.29 is 0 Å². The topological polar surface area (TPSA) is 36.4 Å². The van der Waals surface area contributed by atoms with E-state index in [2.05, 4.69) is 21.9 Å². The van der Waals surface area contributed by atoms with Crippen LogP contribution in [0.4, 0.5) is 5.69 Å². The summed E-state index contributed by atoms with van der Waals surface area (Å²) in [4.78, 5) is 0. The van der Waals surface area contributed by atoms with E-state index in [9.17, 15) is 0 Å². The molecule has 0 aliphatic rings. The van der Waals surface area contributed by atoms with Crippen LogP contribution in [0.15, 0.2) is 71.3 Å². The average molecular weight is 295 g/mol. The van der Waals surface area contributed by atoms with E-state index < -0.39 is 0 Å². The maximum Gasteiger partial charge on any atom is 0.191 e. The van der Waals surface area contributed by atoms with Gasteiger partial charge < -0.3 is 5.32 Å². The molecular weight excluding hydrogens is 278 g/mol. The summed E-state index contributed by atoms with van der Waals surface area (Å²) < 4.78 is 0. The fourth-order valence-electron chi connectivity index (χ4n) is 1.72. The van der Waals surface area contributed by atoms with Crippen LogP contribution >= 0.6 is 12.2 Å². The SMILES string of the molecule is CC(/C=N\NC(=S)Nc1ccccc1)=C/c1ccccc1. The lowest BCUT2D eigenvalue weighted by Gasteiger charge is -2.06. The molecule has 0 radical (unpaired) electrons. The number of hydrazone groups is 1. The minimum Gasteiger partial charge on any atom is -0.331 e. The van der Waals surface area contributed by atoms with Crippen LogP contribution in [-0.4, -0.2) is 11.3 Å². The number of allylic oxidation sites excluding steroid dienone is 1. The lowest BCUT2D eigenvalue weighted by atomic mass is 10.1. The lowest BCUT2D eigenvalue weighted by molar-refractivity contribution is 1.05. The smallest absolute Gasteiger partial charge is 0.191 e. The third kappa shape index (κ3) is 5.58. The highest BCUT2D eigenvalue weighted by Gasteiger charge is 1.94. The Bertz CT molecular complexity index is 634. The average Bonchev–Trinajstić information content (AvgIpc) is 2.49. The summed E-state index contributed by atoms with van der Waals surface area (Å²) in [6.45, 7) is 1.99. The predicted molar refractivity (Wildman–Crippen MR) is 94.4 cm³/mol.